The van der Waals surface area contributed by atoms with Crippen LogP contribution in [0.5, 0.6) is 5.75 Å². The van der Waals surface area contributed by atoms with Gasteiger partial charge in [-0.3, -0.25) is 4.79 Å². The summed E-state index contributed by atoms with van der Waals surface area (Å²) in [6.07, 6.45) is 1.50. The fraction of sp³-hybridized carbons (Fsp3) is 0.391. The number of amides is 1. The van der Waals surface area contributed by atoms with Crippen LogP contribution in [0.1, 0.15) is 43.4 Å². The Labute approximate surface area is 173 Å². The molecule has 0 heterocycles. The molecule has 28 heavy (non-hydrogen) atoms. The van der Waals surface area contributed by atoms with Crippen LogP contribution in [0.2, 0.25) is 0 Å². The molecule has 0 aliphatic heterocycles. The zero-order valence-electron chi connectivity index (χ0n) is 17.2. The number of rotatable bonds is 8. The van der Waals surface area contributed by atoms with Gasteiger partial charge in [0, 0.05) is 12.0 Å². The lowest BCUT2D eigenvalue weighted by Gasteiger charge is -2.24. The molecule has 0 fully saturated rings. The van der Waals surface area contributed by atoms with Crippen LogP contribution in [0.3, 0.4) is 0 Å². The molecule has 0 unspecified atom stereocenters. The maximum absolute atomic E-state index is 12.6. The minimum Gasteiger partial charge on any atom is -0.493 e. The molecule has 0 atom stereocenters. The SMILES string of the molecule is Cc1ccc(C)c(OCCCC(C)(C)C(=O)NC(=S)NCc2ccccc2)c1. The molecule has 0 aliphatic carbocycles. The van der Waals surface area contributed by atoms with Gasteiger partial charge in [-0.1, -0.05) is 56.3 Å². The molecule has 0 spiro atoms. The third kappa shape index (κ3) is 6.97. The van der Waals surface area contributed by atoms with Gasteiger partial charge in [0.25, 0.3) is 0 Å². The third-order valence-electron chi connectivity index (χ3n) is 4.68. The summed E-state index contributed by atoms with van der Waals surface area (Å²) >= 11 is 5.26. The number of nitrogens with one attached hydrogen (secondary N) is 2. The van der Waals surface area contributed by atoms with Crippen molar-refractivity contribution in [2.75, 3.05) is 6.61 Å². The highest BCUT2D eigenvalue weighted by atomic mass is 32.1. The molecule has 150 valence electrons. The van der Waals surface area contributed by atoms with Crippen LogP contribution in [-0.4, -0.2) is 17.6 Å². The van der Waals surface area contributed by atoms with Crippen molar-refractivity contribution in [3.63, 3.8) is 0 Å². The molecule has 0 saturated carbocycles. The van der Waals surface area contributed by atoms with Gasteiger partial charge >= 0.3 is 0 Å². The number of ether oxygens (including phenoxy) is 1. The monoisotopic (exact) mass is 398 g/mol. The minimum absolute atomic E-state index is 0.0789. The molecule has 2 N–H and O–H groups in total. The fourth-order valence-corrected chi connectivity index (χ4v) is 2.93. The van der Waals surface area contributed by atoms with Crippen molar-refractivity contribution < 1.29 is 9.53 Å². The van der Waals surface area contributed by atoms with Crippen LogP contribution >= 0.6 is 12.2 Å². The van der Waals surface area contributed by atoms with E-state index in [0.717, 1.165) is 23.3 Å². The Morgan fingerprint density at radius 1 is 1.11 bits per heavy atom. The van der Waals surface area contributed by atoms with Gasteiger partial charge < -0.3 is 15.4 Å². The van der Waals surface area contributed by atoms with Crippen molar-refractivity contribution in [2.24, 2.45) is 5.41 Å². The van der Waals surface area contributed by atoms with Crippen LogP contribution in [0.25, 0.3) is 0 Å². The van der Waals surface area contributed by atoms with Gasteiger partial charge in [-0.2, -0.15) is 0 Å². The second-order valence-electron chi connectivity index (χ2n) is 7.73. The second-order valence-corrected chi connectivity index (χ2v) is 8.14. The van der Waals surface area contributed by atoms with E-state index in [1.54, 1.807) is 0 Å². The van der Waals surface area contributed by atoms with Gasteiger partial charge in [0.1, 0.15) is 5.75 Å². The van der Waals surface area contributed by atoms with E-state index in [0.29, 0.717) is 24.7 Å². The van der Waals surface area contributed by atoms with E-state index in [9.17, 15) is 4.79 Å². The average molecular weight is 399 g/mol. The predicted octanol–water partition coefficient (Wildman–Crippen LogP) is 4.68. The van der Waals surface area contributed by atoms with Gasteiger partial charge in [-0.15, -0.1) is 0 Å². The quantitative estimate of drug-likeness (QED) is 0.501. The average Bonchev–Trinajstić information content (AvgIpc) is 2.67. The molecule has 0 aromatic heterocycles. The Balaban J connectivity index is 1.74. The summed E-state index contributed by atoms with van der Waals surface area (Å²) in [6.45, 7) is 9.12. The van der Waals surface area contributed by atoms with Crippen molar-refractivity contribution in [1.82, 2.24) is 10.6 Å². The molecule has 0 saturated heterocycles. The second kappa shape index (κ2) is 10.2. The van der Waals surface area contributed by atoms with Crippen molar-refractivity contribution in [2.45, 2.75) is 47.1 Å². The van der Waals surface area contributed by atoms with Crippen LogP contribution in [0.15, 0.2) is 48.5 Å². The number of carbonyl (C=O) groups excluding carboxylic acids is 1. The molecule has 0 aliphatic rings. The van der Waals surface area contributed by atoms with E-state index in [2.05, 4.69) is 29.7 Å². The van der Waals surface area contributed by atoms with E-state index in [4.69, 9.17) is 17.0 Å². The first kappa shape index (κ1) is 21.9. The summed E-state index contributed by atoms with van der Waals surface area (Å²) in [5.41, 5.74) is 2.89. The molecule has 1 amide bonds. The zero-order chi connectivity index (χ0) is 20.6. The number of aryl methyl sites for hydroxylation is 2. The number of hydrogen-bond donors (Lipinski definition) is 2. The van der Waals surface area contributed by atoms with E-state index in [-0.39, 0.29) is 5.91 Å². The lowest BCUT2D eigenvalue weighted by molar-refractivity contribution is -0.128. The molecule has 2 aromatic rings. The lowest BCUT2D eigenvalue weighted by Crippen LogP contribution is -2.45. The fourth-order valence-electron chi connectivity index (χ4n) is 2.77. The summed E-state index contributed by atoms with van der Waals surface area (Å²) in [6, 6.07) is 16.1. The number of benzene rings is 2. The molecular weight excluding hydrogens is 368 g/mol. The topological polar surface area (TPSA) is 50.4 Å². The smallest absolute Gasteiger partial charge is 0.231 e. The van der Waals surface area contributed by atoms with Gasteiger partial charge in [-0.25, -0.2) is 0 Å². The summed E-state index contributed by atoms with van der Waals surface area (Å²) in [7, 11) is 0. The van der Waals surface area contributed by atoms with Crippen LogP contribution in [0, 0.1) is 19.3 Å². The highest BCUT2D eigenvalue weighted by Crippen LogP contribution is 2.24. The molecule has 0 radical (unpaired) electrons. The maximum Gasteiger partial charge on any atom is 0.231 e. The van der Waals surface area contributed by atoms with Crippen molar-refractivity contribution in [1.29, 1.82) is 0 Å². The largest absolute Gasteiger partial charge is 0.493 e. The lowest BCUT2D eigenvalue weighted by atomic mass is 9.87. The van der Waals surface area contributed by atoms with E-state index in [1.165, 1.54) is 5.56 Å². The highest BCUT2D eigenvalue weighted by molar-refractivity contribution is 7.80. The van der Waals surface area contributed by atoms with Crippen molar-refractivity contribution >= 4 is 23.2 Å². The summed E-state index contributed by atoms with van der Waals surface area (Å²) in [4.78, 5) is 12.6. The Kier molecular flexibility index (Phi) is 8.00. The van der Waals surface area contributed by atoms with E-state index >= 15 is 0 Å². The van der Waals surface area contributed by atoms with Gasteiger partial charge in [0.2, 0.25) is 5.91 Å². The van der Waals surface area contributed by atoms with Crippen LogP contribution in [-0.2, 0) is 11.3 Å². The molecule has 2 rings (SSSR count). The first-order valence-corrected chi connectivity index (χ1v) is 10.0. The number of carbonyl (C=O) groups is 1. The Hall–Kier alpha value is -2.40. The van der Waals surface area contributed by atoms with Crippen molar-refractivity contribution in [3.05, 3.63) is 65.2 Å². The van der Waals surface area contributed by atoms with Gasteiger partial charge in [0.05, 0.1) is 6.61 Å². The maximum atomic E-state index is 12.6. The Morgan fingerprint density at radius 3 is 2.54 bits per heavy atom. The summed E-state index contributed by atoms with van der Waals surface area (Å²) < 4.78 is 5.89. The van der Waals surface area contributed by atoms with E-state index < -0.39 is 5.41 Å². The zero-order valence-corrected chi connectivity index (χ0v) is 18.0. The molecule has 4 nitrogen and oxygen atoms in total. The predicted molar refractivity (Wildman–Crippen MR) is 118 cm³/mol. The molecule has 2 aromatic carbocycles. The normalized spacial score (nSPS) is 11.0. The standard InChI is InChI=1S/C23H30N2O2S/c1-17-11-12-18(2)20(15-17)27-14-8-13-23(3,4)21(26)25-22(28)24-16-19-9-6-5-7-10-19/h5-7,9-12,15H,8,13-14,16H2,1-4H3,(H2,24,25,26,28). The number of hydrogen-bond acceptors (Lipinski definition) is 3. The van der Waals surface area contributed by atoms with Crippen LogP contribution < -0.4 is 15.4 Å². The minimum atomic E-state index is -0.524. The summed E-state index contributed by atoms with van der Waals surface area (Å²) in [5.74, 6) is 0.832. The van der Waals surface area contributed by atoms with E-state index in [1.807, 2.05) is 57.2 Å². The third-order valence-corrected chi connectivity index (χ3v) is 4.93. The first-order chi connectivity index (χ1) is 13.3. The Bertz CT molecular complexity index is 804. The van der Waals surface area contributed by atoms with Crippen LogP contribution in [0.4, 0.5) is 0 Å². The first-order valence-electron chi connectivity index (χ1n) is 9.61. The summed E-state index contributed by atoms with van der Waals surface area (Å²) in [5, 5.41) is 6.24. The van der Waals surface area contributed by atoms with Crippen molar-refractivity contribution in [3.8, 4) is 5.75 Å². The molecule has 5 heteroatoms. The highest BCUT2D eigenvalue weighted by Gasteiger charge is 2.27. The molecule has 0 bridgehead atoms. The molecular formula is C23H30N2O2S. The van der Waals surface area contributed by atoms with Gasteiger partial charge in [0.15, 0.2) is 5.11 Å². The number of thiocarbonyl (C=S) groups is 1. The van der Waals surface area contributed by atoms with Gasteiger partial charge in [-0.05, 0) is 61.7 Å². The Morgan fingerprint density at radius 2 is 1.82 bits per heavy atom.